The Balaban J connectivity index is 2.24. The summed E-state index contributed by atoms with van der Waals surface area (Å²) in [6.45, 7) is 8.70. The van der Waals surface area contributed by atoms with Gasteiger partial charge in [0.05, 0.1) is 5.69 Å². The van der Waals surface area contributed by atoms with Crippen LogP contribution in [0, 0.1) is 6.92 Å². The number of aryl methyl sites for hydroxylation is 1. The highest BCUT2D eigenvalue weighted by Crippen LogP contribution is 2.25. The molecule has 1 saturated heterocycles. The van der Waals surface area contributed by atoms with Crippen LogP contribution in [0.25, 0.3) is 0 Å². The van der Waals surface area contributed by atoms with Crippen molar-refractivity contribution in [1.82, 2.24) is 15.3 Å². The molecule has 1 aliphatic rings. The number of nitrogens with zero attached hydrogens (tertiary/aromatic N) is 1. The van der Waals surface area contributed by atoms with E-state index in [9.17, 15) is 0 Å². The van der Waals surface area contributed by atoms with Crippen LogP contribution in [-0.2, 0) is 0 Å². The van der Waals surface area contributed by atoms with Crippen LogP contribution in [0.1, 0.15) is 49.3 Å². The average Bonchev–Trinajstić information content (AvgIpc) is 2.71. The minimum absolute atomic E-state index is 0.497. The van der Waals surface area contributed by atoms with Crippen LogP contribution in [0.15, 0.2) is 0 Å². The van der Waals surface area contributed by atoms with Gasteiger partial charge in [-0.1, -0.05) is 13.8 Å². The number of imidazole rings is 1. The van der Waals surface area contributed by atoms with Gasteiger partial charge in [0.25, 0.3) is 0 Å². The van der Waals surface area contributed by atoms with Crippen molar-refractivity contribution in [2.75, 3.05) is 13.1 Å². The third-order valence-electron chi connectivity index (χ3n) is 2.93. The van der Waals surface area contributed by atoms with Gasteiger partial charge in [0.1, 0.15) is 5.82 Å². The summed E-state index contributed by atoms with van der Waals surface area (Å²) >= 11 is 0. The van der Waals surface area contributed by atoms with Gasteiger partial charge in [0.15, 0.2) is 0 Å². The summed E-state index contributed by atoms with van der Waals surface area (Å²) in [7, 11) is 0. The zero-order valence-electron chi connectivity index (χ0n) is 9.22. The number of rotatable bonds is 2. The van der Waals surface area contributed by atoms with Crippen molar-refractivity contribution in [3.8, 4) is 0 Å². The molecule has 0 amide bonds. The molecule has 0 aromatic carbocycles. The summed E-state index contributed by atoms with van der Waals surface area (Å²) in [5.74, 6) is 2.25. The molecule has 14 heavy (non-hydrogen) atoms. The molecule has 2 N–H and O–H groups in total. The van der Waals surface area contributed by atoms with Crippen molar-refractivity contribution in [2.45, 2.75) is 39.0 Å². The van der Waals surface area contributed by atoms with Gasteiger partial charge in [0, 0.05) is 24.1 Å². The normalized spacial score (nSPS) is 22.1. The Hall–Kier alpha value is -0.830. The predicted octanol–water partition coefficient (Wildman–Crippen LogP) is 1.92. The molecule has 1 aliphatic heterocycles. The SMILES string of the molecule is Cc1[nH]c(C(C)C)nc1C1CCNC1. The number of hydrogen-bond donors (Lipinski definition) is 2. The van der Waals surface area contributed by atoms with Gasteiger partial charge in [-0.2, -0.15) is 0 Å². The zero-order valence-corrected chi connectivity index (χ0v) is 9.22. The fraction of sp³-hybridized carbons (Fsp3) is 0.727. The van der Waals surface area contributed by atoms with E-state index in [1.807, 2.05) is 0 Å². The smallest absolute Gasteiger partial charge is 0.109 e. The van der Waals surface area contributed by atoms with E-state index in [0.717, 1.165) is 18.9 Å². The number of aromatic nitrogens is 2. The second-order valence-corrected chi connectivity index (χ2v) is 4.48. The highest BCUT2D eigenvalue weighted by atomic mass is 15.0. The fourth-order valence-corrected chi connectivity index (χ4v) is 2.06. The molecule has 78 valence electrons. The Morgan fingerprint density at radius 2 is 2.21 bits per heavy atom. The minimum atomic E-state index is 0.497. The third kappa shape index (κ3) is 1.69. The predicted molar refractivity (Wildman–Crippen MR) is 57.6 cm³/mol. The quantitative estimate of drug-likeness (QED) is 0.753. The molecule has 1 unspecified atom stereocenters. The molecule has 0 radical (unpaired) electrons. The van der Waals surface area contributed by atoms with Crippen LogP contribution in [0.3, 0.4) is 0 Å². The number of aromatic amines is 1. The Morgan fingerprint density at radius 3 is 2.71 bits per heavy atom. The van der Waals surface area contributed by atoms with Gasteiger partial charge in [-0.25, -0.2) is 4.98 Å². The molecule has 0 bridgehead atoms. The standard InChI is InChI=1S/C11H19N3/c1-7(2)11-13-8(3)10(14-11)9-4-5-12-6-9/h7,9,12H,4-6H2,1-3H3,(H,13,14). The zero-order chi connectivity index (χ0) is 10.1. The molecule has 0 saturated carbocycles. The van der Waals surface area contributed by atoms with Crippen LogP contribution >= 0.6 is 0 Å². The van der Waals surface area contributed by atoms with Crippen molar-refractivity contribution in [1.29, 1.82) is 0 Å². The van der Waals surface area contributed by atoms with Gasteiger partial charge >= 0.3 is 0 Å². The molecule has 1 fully saturated rings. The summed E-state index contributed by atoms with van der Waals surface area (Å²) < 4.78 is 0. The molecule has 0 spiro atoms. The maximum atomic E-state index is 4.70. The lowest BCUT2D eigenvalue weighted by molar-refractivity contribution is 0.722. The van der Waals surface area contributed by atoms with E-state index in [-0.39, 0.29) is 0 Å². The van der Waals surface area contributed by atoms with Crippen molar-refractivity contribution >= 4 is 0 Å². The van der Waals surface area contributed by atoms with Gasteiger partial charge in [-0.15, -0.1) is 0 Å². The highest BCUT2D eigenvalue weighted by molar-refractivity contribution is 5.20. The monoisotopic (exact) mass is 193 g/mol. The number of H-pyrrole nitrogens is 1. The van der Waals surface area contributed by atoms with E-state index in [0.29, 0.717) is 11.8 Å². The van der Waals surface area contributed by atoms with Crippen LogP contribution in [0.2, 0.25) is 0 Å². The second-order valence-electron chi connectivity index (χ2n) is 4.48. The van der Waals surface area contributed by atoms with E-state index in [1.54, 1.807) is 0 Å². The summed E-state index contributed by atoms with van der Waals surface area (Å²) in [6, 6.07) is 0. The molecule has 2 rings (SSSR count). The largest absolute Gasteiger partial charge is 0.346 e. The minimum Gasteiger partial charge on any atom is -0.346 e. The number of nitrogens with one attached hydrogen (secondary N) is 2. The maximum absolute atomic E-state index is 4.70. The first-order valence-electron chi connectivity index (χ1n) is 5.45. The third-order valence-corrected chi connectivity index (χ3v) is 2.93. The fourth-order valence-electron chi connectivity index (χ4n) is 2.06. The topological polar surface area (TPSA) is 40.7 Å². The lowest BCUT2D eigenvalue weighted by Gasteiger charge is -2.04. The molecule has 3 nitrogen and oxygen atoms in total. The van der Waals surface area contributed by atoms with Gasteiger partial charge < -0.3 is 10.3 Å². The van der Waals surface area contributed by atoms with Gasteiger partial charge in [-0.05, 0) is 19.9 Å². The summed E-state index contributed by atoms with van der Waals surface area (Å²) in [5.41, 5.74) is 2.53. The molecule has 3 heteroatoms. The Labute approximate surface area is 85.3 Å². The Bertz CT molecular complexity index is 308. The Kier molecular flexibility index (Phi) is 2.59. The van der Waals surface area contributed by atoms with Crippen molar-refractivity contribution in [3.05, 3.63) is 17.2 Å². The lowest BCUT2D eigenvalue weighted by atomic mass is 10.0. The summed E-state index contributed by atoms with van der Waals surface area (Å²) in [4.78, 5) is 8.08. The van der Waals surface area contributed by atoms with E-state index in [2.05, 4.69) is 31.1 Å². The summed E-state index contributed by atoms with van der Waals surface area (Å²) in [5, 5.41) is 3.38. The maximum Gasteiger partial charge on any atom is 0.109 e. The first-order valence-corrected chi connectivity index (χ1v) is 5.45. The van der Waals surface area contributed by atoms with Gasteiger partial charge in [0.2, 0.25) is 0 Å². The van der Waals surface area contributed by atoms with Gasteiger partial charge in [-0.3, -0.25) is 0 Å². The highest BCUT2D eigenvalue weighted by Gasteiger charge is 2.22. The van der Waals surface area contributed by atoms with Crippen molar-refractivity contribution in [2.24, 2.45) is 0 Å². The van der Waals surface area contributed by atoms with Crippen molar-refractivity contribution in [3.63, 3.8) is 0 Å². The molecule has 2 heterocycles. The first kappa shape index (κ1) is 9.71. The van der Waals surface area contributed by atoms with E-state index >= 15 is 0 Å². The molecule has 1 aromatic heterocycles. The lowest BCUT2D eigenvalue weighted by Crippen LogP contribution is -2.08. The van der Waals surface area contributed by atoms with Crippen LogP contribution in [-0.4, -0.2) is 23.1 Å². The molecular formula is C11H19N3. The molecule has 0 aliphatic carbocycles. The average molecular weight is 193 g/mol. The van der Waals surface area contributed by atoms with Crippen molar-refractivity contribution < 1.29 is 0 Å². The number of hydrogen-bond acceptors (Lipinski definition) is 2. The summed E-state index contributed by atoms with van der Waals surface area (Å²) in [6.07, 6.45) is 1.23. The van der Waals surface area contributed by atoms with E-state index in [4.69, 9.17) is 4.98 Å². The molecular weight excluding hydrogens is 174 g/mol. The first-order chi connectivity index (χ1) is 6.68. The van der Waals surface area contributed by atoms with Crippen LogP contribution in [0.4, 0.5) is 0 Å². The van der Waals surface area contributed by atoms with E-state index in [1.165, 1.54) is 17.8 Å². The molecule has 1 aromatic rings. The Morgan fingerprint density at radius 1 is 1.43 bits per heavy atom. The van der Waals surface area contributed by atoms with Crippen LogP contribution < -0.4 is 5.32 Å². The van der Waals surface area contributed by atoms with Crippen LogP contribution in [0.5, 0.6) is 0 Å². The molecule has 1 atom stereocenters. The second kappa shape index (κ2) is 3.73. The van der Waals surface area contributed by atoms with E-state index < -0.39 is 0 Å².